The predicted molar refractivity (Wildman–Crippen MR) is 67.5 cm³/mol. The number of rotatable bonds is 3. The Labute approximate surface area is 105 Å². The molecule has 5 nitrogen and oxygen atoms in total. The number of aromatic nitrogens is 1. The van der Waals surface area contributed by atoms with Crippen molar-refractivity contribution in [2.75, 3.05) is 0 Å². The lowest BCUT2D eigenvalue weighted by atomic mass is 10.3. The number of nitrogens with zero attached hydrogens (tertiary/aromatic N) is 2. The summed E-state index contributed by atoms with van der Waals surface area (Å²) in [7, 11) is 0. The third-order valence-corrected chi connectivity index (χ3v) is 2.37. The number of amides is 1. The summed E-state index contributed by atoms with van der Waals surface area (Å²) in [5.41, 5.74) is 3.75. The van der Waals surface area contributed by atoms with E-state index in [1.54, 1.807) is 24.5 Å². The van der Waals surface area contributed by atoms with Crippen LogP contribution in [0.15, 0.2) is 40.1 Å². The third-order valence-electron chi connectivity index (χ3n) is 2.37. The zero-order valence-corrected chi connectivity index (χ0v) is 10.2. The maximum Gasteiger partial charge on any atom is 0.272 e. The molecule has 0 radical (unpaired) electrons. The minimum atomic E-state index is -0.294. The summed E-state index contributed by atoms with van der Waals surface area (Å²) in [4.78, 5) is 15.5. The average molecular weight is 243 g/mol. The van der Waals surface area contributed by atoms with Crippen molar-refractivity contribution in [2.45, 2.75) is 13.8 Å². The van der Waals surface area contributed by atoms with Crippen LogP contribution >= 0.6 is 0 Å². The first kappa shape index (κ1) is 12.0. The summed E-state index contributed by atoms with van der Waals surface area (Å²) in [5, 5.41) is 3.88. The van der Waals surface area contributed by atoms with Crippen molar-refractivity contribution in [3.05, 3.63) is 53.2 Å². The van der Waals surface area contributed by atoms with Crippen LogP contribution in [0.25, 0.3) is 0 Å². The van der Waals surface area contributed by atoms with E-state index in [0.717, 1.165) is 17.1 Å². The summed E-state index contributed by atoms with van der Waals surface area (Å²) in [6.45, 7) is 3.70. The molecule has 92 valence electrons. The molecule has 0 aliphatic rings. The zero-order chi connectivity index (χ0) is 13.0. The largest absolute Gasteiger partial charge is 0.466 e. The molecule has 2 aromatic heterocycles. The fraction of sp³-hybridized carbons (Fsp3) is 0.154. The van der Waals surface area contributed by atoms with Crippen LogP contribution < -0.4 is 5.43 Å². The van der Waals surface area contributed by atoms with Crippen molar-refractivity contribution in [3.8, 4) is 0 Å². The molecular formula is C13H13N3O2. The lowest BCUT2D eigenvalue weighted by Gasteiger charge is -1.97. The van der Waals surface area contributed by atoms with Crippen LogP contribution in [-0.4, -0.2) is 17.1 Å². The van der Waals surface area contributed by atoms with Gasteiger partial charge >= 0.3 is 0 Å². The highest BCUT2D eigenvalue weighted by Crippen LogP contribution is 2.10. The quantitative estimate of drug-likeness (QED) is 0.662. The van der Waals surface area contributed by atoms with Crippen molar-refractivity contribution in [1.29, 1.82) is 0 Å². The zero-order valence-electron chi connectivity index (χ0n) is 10.2. The summed E-state index contributed by atoms with van der Waals surface area (Å²) < 4.78 is 5.34. The fourth-order valence-corrected chi connectivity index (χ4v) is 1.50. The van der Waals surface area contributed by atoms with Crippen LogP contribution in [0, 0.1) is 13.8 Å². The van der Waals surface area contributed by atoms with Crippen molar-refractivity contribution >= 4 is 12.1 Å². The van der Waals surface area contributed by atoms with Gasteiger partial charge in [-0.25, -0.2) is 5.43 Å². The minimum Gasteiger partial charge on any atom is -0.466 e. The summed E-state index contributed by atoms with van der Waals surface area (Å²) in [6.07, 6.45) is 4.65. The average Bonchev–Trinajstić information content (AvgIpc) is 2.69. The van der Waals surface area contributed by atoms with Gasteiger partial charge in [0.05, 0.1) is 11.8 Å². The van der Waals surface area contributed by atoms with Gasteiger partial charge in [-0.05, 0) is 32.0 Å². The Morgan fingerprint density at radius 3 is 2.94 bits per heavy atom. The molecule has 2 rings (SSSR count). The van der Waals surface area contributed by atoms with Gasteiger partial charge in [0.2, 0.25) is 0 Å². The number of aryl methyl sites for hydroxylation is 2. The lowest BCUT2D eigenvalue weighted by molar-refractivity contribution is 0.0955. The SMILES string of the molecule is Cc1cc(C=NNC(=O)c2cccnc2)c(C)o1. The molecule has 0 spiro atoms. The highest BCUT2D eigenvalue weighted by atomic mass is 16.3. The van der Waals surface area contributed by atoms with E-state index in [0.29, 0.717) is 5.56 Å². The Hall–Kier alpha value is -2.43. The Kier molecular flexibility index (Phi) is 3.52. The van der Waals surface area contributed by atoms with Crippen LogP contribution in [0.5, 0.6) is 0 Å². The second-order valence-corrected chi connectivity index (χ2v) is 3.81. The molecule has 0 atom stereocenters. The van der Waals surface area contributed by atoms with E-state index in [1.807, 2.05) is 19.9 Å². The van der Waals surface area contributed by atoms with Gasteiger partial charge in [0.15, 0.2) is 0 Å². The number of carbonyl (C=O) groups is 1. The molecule has 0 bridgehead atoms. The number of nitrogens with one attached hydrogen (secondary N) is 1. The van der Waals surface area contributed by atoms with Gasteiger partial charge in [-0.3, -0.25) is 9.78 Å². The summed E-state index contributed by atoms with van der Waals surface area (Å²) in [5.74, 6) is 1.29. The molecule has 0 unspecified atom stereocenters. The molecular weight excluding hydrogens is 230 g/mol. The van der Waals surface area contributed by atoms with Gasteiger partial charge in [0.1, 0.15) is 11.5 Å². The van der Waals surface area contributed by atoms with Gasteiger partial charge in [-0.15, -0.1) is 0 Å². The normalized spacial score (nSPS) is 10.8. The van der Waals surface area contributed by atoms with Gasteiger partial charge in [-0.1, -0.05) is 0 Å². The molecule has 18 heavy (non-hydrogen) atoms. The number of hydrazone groups is 1. The molecule has 1 N–H and O–H groups in total. The van der Waals surface area contributed by atoms with Crippen molar-refractivity contribution in [3.63, 3.8) is 0 Å². The minimum absolute atomic E-state index is 0.294. The standard InChI is InChI=1S/C13H13N3O2/c1-9-6-12(10(2)18-9)8-15-16-13(17)11-4-3-5-14-7-11/h3-8H,1-2H3,(H,16,17). The highest BCUT2D eigenvalue weighted by Gasteiger charge is 2.04. The highest BCUT2D eigenvalue weighted by molar-refractivity contribution is 5.94. The monoisotopic (exact) mass is 243 g/mol. The molecule has 0 saturated carbocycles. The van der Waals surface area contributed by atoms with Crippen LogP contribution in [0.3, 0.4) is 0 Å². The maximum absolute atomic E-state index is 11.6. The fourth-order valence-electron chi connectivity index (χ4n) is 1.50. The van der Waals surface area contributed by atoms with Crippen LogP contribution in [0.2, 0.25) is 0 Å². The van der Waals surface area contributed by atoms with Crippen LogP contribution in [-0.2, 0) is 0 Å². The Bertz CT molecular complexity index is 573. The maximum atomic E-state index is 11.6. The number of hydrogen-bond acceptors (Lipinski definition) is 4. The molecule has 0 aliphatic heterocycles. The van der Waals surface area contributed by atoms with Crippen LogP contribution in [0.1, 0.15) is 27.4 Å². The molecule has 0 aromatic carbocycles. The van der Waals surface area contributed by atoms with Crippen molar-refractivity contribution < 1.29 is 9.21 Å². The molecule has 1 amide bonds. The molecule has 2 aromatic rings. The van der Waals surface area contributed by atoms with Gasteiger partial charge in [0.25, 0.3) is 5.91 Å². The number of hydrogen-bond donors (Lipinski definition) is 1. The lowest BCUT2D eigenvalue weighted by Crippen LogP contribution is -2.17. The second-order valence-electron chi connectivity index (χ2n) is 3.81. The van der Waals surface area contributed by atoms with Crippen LogP contribution in [0.4, 0.5) is 0 Å². The predicted octanol–water partition coefficient (Wildman–Crippen LogP) is 2.06. The molecule has 0 saturated heterocycles. The first-order chi connectivity index (χ1) is 8.66. The number of pyridine rings is 1. The van der Waals surface area contributed by atoms with E-state index in [4.69, 9.17) is 4.42 Å². The third kappa shape index (κ3) is 2.82. The van der Waals surface area contributed by atoms with E-state index in [1.165, 1.54) is 6.20 Å². The number of carbonyl (C=O) groups excluding carboxylic acids is 1. The van der Waals surface area contributed by atoms with E-state index < -0.39 is 0 Å². The van der Waals surface area contributed by atoms with Crippen molar-refractivity contribution in [2.24, 2.45) is 5.10 Å². The van der Waals surface area contributed by atoms with Gasteiger partial charge in [-0.2, -0.15) is 5.10 Å². The first-order valence-electron chi connectivity index (χ1n) is 5.47. The Morgan fingerprint density at radius 2 is 2.33 bits per heavy atom. The smallest absolute Gasteiger partial charge is 0.272 e. The Balaban J connectivity index is 2.00. The Morgan fingerprint density at radius 1 is 1.50 bits per heavy atom. The molecule has 5 heteroatoms. The van der Waals surface area contributed by atoms with Crippen molar-refractivity contribution in [1.82, 2.24) is 10.4 Å². The van der Waals surface area contributed by atoms with E-state index in [-0.39, 0.29) is 5.91 Å². The molecule has 0 fully saturated rings. The summed E-state index contributed by atoms with van der Waals surface area (Å²) >= 11 is 0. The van der Waals surface area contributed by atoms with E-state index in [2.05, 4.69) is 15.5 Å². The topological polar surface area (TPSA) is 67.5 Å². The van der Waals surface area contributed by atoms with Gasteiger partial charge in [0, 0.05) is 18.0 Å². The second kappa shape index (κ2) is 5.27. The summed E-state index contributed by atoms with van der Waals surface area (Å²) in [6, 6.07) is 5.22. The van der Waals surface area contributed by atoms with Gasteiger partial charge < -0.3 is 4.42 Å². The molecule has 2 heterocycles. The van der Waals surface area contributed by atoms with E-state index >= 15 is 0 Å². The van der Waals surface area contributed by atoms with E-state index in [9.17, 15) is 4.79 Å². The molecule has 0 aliphatic carbocycles. The number of furan rings is 1. The first-order valence-corrected chi connectivity index (χ1v) is 5.47.